The van der Waals surface area contributed by atoms with Gasteiger partial charge >= 0.3 is 0 Å². The van der Waals surface area contributed by atoms with Crippen molar-refractivity contribution < 1.29 is 4.42 Å². The lowest BCUT2D eigenvalue weighted by atomic mass is 10.2. The molecule has 1 aromatic carbocycles. The first kappa shape index (κ1) is 15.5. The minimum absolute atomic E-state index is 0.715. The number of fused-ring (bicyclic) bond motifs is 1. The molecular weight excluding hydrogens is 298 g/mol. The van der Waals surface area contributed by atoms with Crippen molar-refractivity contribution in [3.63, 3.8) is 0 Å². The number of furan rings is 1. The van der Waals surface area contributed by atoms with E-state index in [9.17, 15) is 0 Å². The smallest absolute Gasteiger partial charge is 0.134 e. The van der Waals surface area contributed by atoms with Crippen LogP contribution in [0.5, 0.6) is 0 Å². The Morgan fingerprint density at radius 3 is 2.79 bits per heavy atom. The maximum absolute atomic E-state index is 6.03. The van der Waals surface area contributed by atoms with Gasteiger partial charge in [-0.3, -0.25) is 0 Å². The fourth-order valence-electron chi connectivity index (χ4n) is 3.81. The lowest BCUT2D eigenvalue weighted by Gasteiger charge is -2.19. The van der Waals surface area contributed by atoms with Gasteiger partial charge in [0.2, 0.25) is 0 Å². The quantitative estimate of drug-likeness (QED) is 0.719. The Balaban J connectivity index is 1.56. The van der Waals surface area contributed by atoms with Crippen LogP contribution in [0.4, 0.5) is 0 Å². The molecule has 0 N–H and O–H groups in total. The SMILES string of the molecule is Cc1cc(C)n(-c2ccc3oc(CCN4CCC[C@H]4C)cc3c2)n1. The van der Waals surface area contributed by atoms with Crippen molar-refractivity contribution in [2.24, 2.45) is 0 Å². The van der Waals surface area contributed by atoms with E-state index in [0.29, 0.717) is 6.04 Å². The summed E-state index contributed by atoms with van der Waals surface area (Å²) in [6.45, 7) is 8.75. The first-order valence-electron chi connectivity index (χ1n) is 8.90. The third kappa shape index (κ3) is 2.86. The zero-order valence-corrected chi connectivity index (χ0v) is 14.7. The van der Waals surface area contributed by atoms with Crippen molar-refractivity contribution in [1.82, 2.24) is 14.7 Å². The van der Waals surface area contributed by atoms with E-state index >= 15 is 0 Å². The van der Waals surface area contributed by atoms with E-state index in [-0.39, 0.29) is 0 Å². The predicted octanol–water partition coefficient (Wildman–Crippen LogP) is 4.26. The lowest BCUT2D eigenvalue weighted by molar-refractivity contribution is 0.266. The number of aryl methyl sites for hydroxylation is 2. The lowest BCUT2D eigenvalue weighted by Crippen LogP contribution is -2.28. The van der Waals surface area contributed by atoms with Crippen LogP contribution in [0.1, 0.15) is 36.9 Å². The number of hydrogen-bond donors (Lipinski definition) is 0. The molecule has 1 aliphatic rings. The van der Waals surface area contributed by atoms with E-state index in [0.717, 1.165) is 46.8 Å². The highest BCUT2D eigenvalue weighted by molar-refractivity contribution is 5.80. The van der Waals surface area contributed by atoms with E-state index in [1.807, 2.05) is 11.6 Å². The first-order chi connectivity index (χ1) is 11.6. The second-order valence-electron chi connectivity index (χ2n) is 7.05. The molecule has 0 bridgehead atoms. The fraction of sp³-hybridized carbons (Fsp3) is 0.450. The highest BCUT2D eigenvalue weighted by atomic mass is 16.3. The third-order valence-electron chi connectivity index (χ3n) is 5.14. The Morgan fingerprint density at radius 1 is 1.21 bits per heavy atom. The molecule has 24 heavy (non-hydrogen) atoms. The standard InChI is InChI=1S/C20H25N3O/c1-14-11-16(3)23(21-14)18-6-7-20-17(12-18)13-19(24-20)8-10-22-9-4-5-15(22)2/h6-7,11-13,15H,4-5,8-10H2,1-3H3/t15-/m1/s1. The van der Waals surface area contributed by atoms with Crippen molar-refractivity contribution >= 4 is 11.0 Å². The van der Waals surface area contributed by atoms with Gasteiger partial charge in [-0.1, -0.05) is 0 Å². The molecule has 1 fully saturated rings. The Hall–Kier alpha value is -2.07. The normalized spacial score (nSPS) is 18.7. The summed E-state index contributed by atoms with van der Waals surface area (Å²) in [5.41, 5.74) is 4.25. The van der Waals surface area contributed by atoms with E-state index < -0.39 is 0 Å². The van der Waals surface area contributed by atoms with E-state index in [2.05, 4.69) is 54.2 Å². The monoisotopic (exact) mass is 323 g/mol. The molecule has 0 saturated carbocycles. The highest BCUT2D eigenvalue weighted by Crippen LogP contribution is 2.24. The average Bonchev–Trinajstić information content (AvgIpc) is 3.23. The van der Waals surface area contributed by atoms with E-state index in [1.54, 1.807) is 0 Å². The molecule has 3 heterocycles. The summed E-state index contributed by atoms with van der Waals surface area (Å²) in [6, 6.07) is 11.3. The second kappa shape index (κ2) is 6.10. The molecule has 0 radical (unpaired) electrons. The van der Waals surface area contributed by atoms with Gasteiger partial charge in [0.15, 0.2) is 0 Å². The van der Waals surface area contributed by atoms with Gasteiger partial charge in [0, 0.05) is 30.1 Å². The van der Waals surface area contributed by atoms with Gasteiger partial charge in [0.1, 0.15) is 11.3 Å². The number of likely N-dealkylation sites (tertiary alicyclic amines) is 1. The summed E-state index contributed by atoms with van der Waals surface area (Å²) in [7, 11) is 0. The van der Waals surface area contributed by atoms with Crippen LogP contribution in [0, 0.1) is 13.8 Å². The molecule has 0 aliphatic carbocycles. The molecule has 1 saturated heterocycles. The molecule has 3 aromatic rings. The summed E-state index contributed by atoms with van der Waals surface area (Å²) < 4.78 is 8.03. The molecule has 1 aliphatic heterocycles. The molecule has 1 atom stereocenters. The fourth-order valence-corrected chi connectivity index (χ4v) is 3.81. The number of hydrogen-bond acceptors (Lipinski definition) is 3. The highest BCUT2D eigenvalue weighted by Gasteiger charge is 2.20. The third-order valence-corrected chi connectivity index (χ3v) is 5.14. The summed E-state index contributed by atoms with van der Waals surface area (Å²) in [4.78, 5) is 2.56. The average molecular weight is 323 g/mol. The maximum atomic E-state index is 6.03. The van der Waals surface area contributed by atoms with Gasteiger partial charge < -0.3 is 9.32 Å². The molecule has 2 aromatic heterocycles. The minimum Gasteiger partial charge on any atom is -0.461 e. The molecular formula is C20H25N3O. The Kier molecular flexibility index (Phi) is 3.93. The maximum Gasteiger partial charge on any atom is 0.134 e. The molecule has 0 unspecified atom stereocenters. The molecule has 126 valence electrons. The van der Waals surface area contributed by atoms with Crippen LogP contribution >= 0.6 is 0 Å². The number of benzene rings is 1. The van der Waals surface area contributed by atoms with Crippen LogP contribution in [0.25, 0.3) is 16.7 Å². The molecule has 4 rings (SSSR count). The van der Waals surface area contributed by atoms with Crippen molar-refractivity contribution in [2.45, 2.75) is 46.1 Å². The number of rotatable bonds is 4. The molecule has 0 amide bonds. The van der Waals surface area contributed by atoms with Crippen molar-refractivity contribution in [3.05, 3.63) is 47.5 Å². The van der Waals surface area contributed by atoms with Crippen LogP contribution in [-0.2, 0) is 6.42 Å². The van der Waals surface area contributed by atoms with Gasteiger partial charge in [-0.25, -0.2) is 4.68 Å². The van der Waals surface area contributed by atoms with Crippen molar-refractivity contribution in [2.75, 3.05) is 13.1 Å². The topological polar surface area (TPSA) is 34.2 Å². The van der Waals surface area contributed by atoms with Gasteiger partial charge in [-0.2, -0.15) is 5.10 Å². The summed E-state index contributed by atoms with van der Waals surface area (Å²) >= 11 is 0. The van der Waals surface area contributed by atoms with Crippen LogP contribution in [-0.4, -0.2) is 33.8 Å². The summed E-state index contributed by atoms with van der Waals surface area (Å²) in [5, 5.41) is 5.73. The van der Waals surface area contributed by atoms with Crippen LogP contribution in [0.3, 0.4) is 0 Å². The first-order valence-corrected chi connectivity index (χ1v) is 8.90. The second-order valence-corrected chi connectivity index (χ2v) is 7.05. The largest absolute Gasteiger partial charge is 0.461 e. The Labute approximate surface area is 143 Å². The molecule has 0 spiro atoms. The Morgan fingerprint density at radius 2 is 2.08 bits per heavy atom. The number of aromatic nitrogens is 2. The van der Waals surface area contributed by atoms with Crippen LogP contribution < -0.4 is 0 Å². The van der Waals surface area contributed by atoms with Gasteiger partial charge in [0.05, 0.1) is 11.4 Å². The zero-order valence-electron chi connectivity index (χ0n) is 14.7. The van der Waals surface area contributed by atoms with Gasteiger partial charge in [0.25, 0.3) is 0 Å². The Bertz CT molecular complexity index is 861. The van der Waals surface area contributed by atoms with E-state index in [1.165, 1.54) is 19.4 Å². The summed E-state index contributed by atoms with van der Waals surface area (Å²) in [6.07, 6.45) is 3.63. The molecule has 4 nitrogen and oxygen atoms in total. The summed E-state index contributed by atoms with van der Waals surface area (Å²) in [5.74, 6) is 1.08. The predicted molar refractivity (Wildman–Crippen MR) is 96.8 cm³/mol. The minimum atomic E-state index is 0.715. The van der Waals surface area contributed by atoms with Crippen molar-refractivity contribution in [1.29, 1.82) is 0 Å². The van der Waals surface area contributed by atoms with Gasteiger partial charge in [-0.05, 0) is 70.5 Å². The van der Waals surface area contributed by atoms with Gasteiger partial charge in [-0.15, -0.1) is 0 Å². The van der Waals surface area contributed by atoms with Crippen LogP contribution in [0.15, 0.2) is 34.7 Å². The van der Waals surface area contributed by atoms with E-state index in [4.69, 9.17) is 4.42 Å². The van der Waals surface area contributed by atoms with Crippen LogP contribution in [0.2, 0.25) is 0 Å². The zero-order chi connectivity index (χ0) is 16.7. The molecule has 4 heteroatoms. The van der Waals surface area contributed by atoms with Crippen molar-refractivity contribution in [3.8, 4) is 5.69 Å². The number of nitrogens with zero attached hydrogens (tertiary/aromatic N) is 3.